The van der Waals surface area contributed by atoms with Gasteiger partial charge < -0.3 is 5.11 Å². The van der Waals surface area contributed by atoms with Gasteiger partial charge >= 0.3 is 5.97 Å². The summed E-state index contributed by atoms with van der Waals surface area (Å²) in [4.78, 5) is 15.6. The third kappa shape index (κ3) is 2.93. The molecule has 0 radical (unpaired) electrons. The van der Waals surface area contributed by atoms with Crippen LogP contribution in [0.2, 0.25) is 0 Å². The van der Waals surface area contributed by atoms with Crippen molar-refractivity contribution in [3.8, 4) is 0 Å². The number of aromatic nitrogens is 1. The lowest BCUT2D eigenvalue weighted by molar-refractivity contribution is -0.136. The summed E-state index contributed by atoms with van der Waals surface area (Å²) in [5.41, 5.74) is 4.94. The van der Waals surface area contributed by atoms with Gasteiger partial charge in [-0.05, 0) is 83.8 Å². The Morgan fingerprint density at radius 1 is 1.15 bits per heavy atom. The Kier molecular flexibility index (Phi) is 4.44. The van der Waals surface area contributed by atoms with Crippen LogP contribution in [0.3, 0.4) is 0 Å². The summed E-state index contributed by atoms with van der Waals surface area (Å²) in [5, 5.41) is 9.04. The zero-order valence-corrected chi connectivity index (χ0v) is 17.5. The van der Waals surface area contributed by atoms with E-state index in [0.29, 0.717) is 17.3 Å². The minimum atomic E-state index is -0.740. The molecule has 1 aromatic rings. The molecule has 3 aliphatic carbocycles. The van der Waals surface area contributed by atoms with E-state index in [1.54, 1.807) is 0 Å². The lowest BCUT2D eigenvalue weighted by Gasteiger charge is -2.64. The molecule has 0 amide bonds. The first-order valence-corrected chi connectivity index (χ1v) is 10.9. The van der Waals surface area contributed by atoms with Gasteiger partial charge in [0.1, 0.15) is 0 Å². The van der Waals surface area contributed by atoms with Crippen molar-refractivity contribution in [2.75, 3.05) is 0 Å². The number of carboxylic acid groups (broad SMARTS) is 1. The first-order valence-electron chi connectivity index (χ1n) is 10.9. The minimum absolute atomic E-state index is 0.167. The van der Waals surface area contributed by atoms with Crippen molar-refractivity contribution >= 4 is 5.97 Å². The Bertz CT molecular complexity index is 755. The standard InChI is InChI=1S/C24H35NO2/c1-22(2)11-5-12-24(4)19(22)10-13-23(3)18-14-17(7-9-21(26)27)25-15-16(18)6-8-20(23)24/h14-15,19-20H,5-13H2,1-4H3,(H,26,27)/t19-,20-,23-,24-/m0/s1. The van der Waals surface area contributed by atoms with Crippen molar-refractivity contribution < 1.29 is 9.90 Å². The third-order valence-corrected chi connectivity index (χ3v) is 8.75. The van der Waals surface area contributed by atoms with Crippen LogP contribution < -0.4 is 0 Å². The average Bonchev–Trinajstić information content (AvgIpc) is 2.59. The molecular weight excluding hydrogens is 334 g/mol. The molecule has 3 nitrogen and oxygen atoms in total. The Hall–Kier alpha value is -1.38. The van der Waals surface area contributed by atoms with Crippen molar-refractivity contribution in [3.05, 3.63) is 29.1 Å². The van der Waals surface area contributed by atoms with Gasteiger partial charge in [0.2, 0.25) is 0 Å². The number of hydrogen-bond acceptors (Lipinski definition) is 2. The maximum Gasteiger partial charge on any atom is 0.303 e. The van der Waals surface area contributed by atoms with E-state index >= 15 is 0 Å². The Balaban J connectivity index is 1.71. The van der Waals surface area contributed by atoms with Crippen LogP contribution in [-0.2, 0) is 23.1 Å². The van der Waals surface area contributed by atoms with Gasteiger partial charge in [-0.25, -0.2) is 0 Å². The molecule has 3 heteroatoms. The fourth-order valence-corrected chi connectivity index (χ4v) is 7.55. The fourth-order valence-electron chi connectivity index (χ4n) is 7.55. The van der Waals surface area contributed by atoms with Crippen LogP contribution in [-0.4, -0.2) is 16.1 Å². The highest BCUT2D eigenvalue weighted by molar-refractivity contribution is 5.67. The van der Waals surface area contributed by atoms with Gasteiger partial charge in [0.15, 0.2) is 0 Å². The zero-order valence-electron chi connectivity index (χ0n) is 17.5. The molecule has 1 aromatic heterocycles. The maximum atomic E-state index is 11.0. The van der Waals surface area contributed by atoms with Gasteiger partial charge in [-0.3, -0.25) is 9.78 Å². The van der Waals surface area contributed by atoms with Gasteiger partial charge in [0.05, 0.1) is 6.42 Å². The molecule has 1 N–H and O–H groups in total. The SMILES string of the molecule is CC1(C)CCC[C@]2(C)[C@H]3CCc4cnc(CCC(=O)O)cc4[C@]3(C)CC[C@@H]12. The molecule has 0 bridgehead atoms. The van der Waals surface area contributed by atoms with E-state index in [1.165, 1.54) is 49.7 Å². The van der Waals surface area contributed by atoms with Gasteiger partial charge in [0.25, 0.3) is 0 Å². The molecule has 1 heterocycles. The van der Waals surface area contributed by atoms with E-state index in [4.69, 9.17) is 5.11 Å². The third-order valence-electron chi connectivity index (χ3n) is 8.75. The minimum Gasteiger partial charge on any atom is -0.481 e. The summed E-state index contributed by atoms with van der Waals surface area (Å²) in [5.74, 6) is 0.813. The predicted octanol–water partition coefficient (Wildman–Crippen LogP) is 5.55. The second kappa shape index (κ2) is 6.32. The Morgan fingerprint density at radius 2 is 1.93 bits per heavy atom. The van der Waals surface area contributed by atoms with Crippen LogP contribution in [0.5, 0.6) is 0 Å². The molecule has 0 saturated heterocycles. The second-order valence-electron chi connectivity index (χ2n) is 10.7. The predicted molar refractivity (Wildman–Crippen MR) is 108 cm³/mol. The van der Waals surface area contributed by atoms with Crippen LogP contribution in [0.4, 0.5) is 0 Å². The van der Waals surface area contributed by atoms with Crippen LogP contribution in [0.25, 0.3) is 0 Å². The monoisotopic (exact) mass is 369 g/mol. The number of fused-ring (bicyclic) bond motifs is 5. The molecule has 0 aromatic carbocycles. The molecule has 0 unspecified atom stereocenters. The lowest BCUT2D eigenvalue weighted by Crippen LogP contribution is -2.57. The molecular formula is C24H35NO2. The lowest BCUT2D eigenvalue weighted by atomic mass is 9.40. The van der Waals surface area contributed by atoms with E-state index in [9.17, 15) is 4.79 Å². The molecule has 4 rings (SSSR count). The normalized spacial score (nSPS) is 37.0. The van der Waals surface area contributed by atoms with Gasteiger partial charge in [-0.15, -0.1) is 0 Å². The highest BCUT2D eigenvalue weighted by Gasteiger charge is 2.59. The van der Waals surface area contributed by atoms with E-state index in [1.807, 2.05) is 6.20 Å². The largest absolute Gasteiger partial charge is 0.481 e. The summed E-state index contributed by atoms with van der Waals surface area (Å²) >= 11 is 0. The maximum absolute atomic E-state index is 11.0. The highest BCUT2D eigenvalue weighted by Crippen LogP contribution is 2.66. The number of nitrogens with zero attached hydrogens (tertiary/aromatic N) is 1. The number of aliphatic carboxylic acids is 1. The van der Waals surface area contributed by atoms with E-state index in [2.05, 4.69) is 38.7 Å². The molecule has 2 saturated carbocycles. The van der Waals surface area contributed by atoms with Crippen molar-refractivity contribution in [1.29, 1.82) is 0 Å². The highest BCUT2D eigenvalue weighted by atomic mass is 16.4. The summed E-state index contributed by atoms with van der Waals surface area (Å²) in [6, 6.07) is 2.27. The average molecular weight is 370 g/mol. The molecule has 3 aliphatic rings. The second-order valence-corrected chi connectivity index (χ2v) is 10.7. The Labute approximate surface area is 164 Å². The summed E-state index contributed by atoms with van der Waals surface area (Å²) in [6.45, 7) is 10.1. The fraction of sp³-hybridized carbons (Fsp3) is 0.750. The zero-order chi connectivity index (χ0) is 19.4. The van der Waals surface area contributed by atoms with Crippen LogP contribution >= 0.6 is 0 Å². The first kappa shape index (κ1) is 19.0. The topological polar surface area (TPSA) is 50.2 Å². The number of carboxylic acids is 1. The number of hydrogen-bond donors (Lipinski definition) is 1. The van der Waals surface area contributed by atoms with E-state index in [-0.39, 0.29) is 11.8 Å². The van der Waals surface area contributed by atoms with E-state index in [0.717, 1.165) is 24.0 Å². The number of aryl methyl sites for hydroxylation is 2. The smallest absolute Gasteiger partial charge is 0.303 e. The van der Waals surface area contributed by atoms with Crippen LogP contribution in [0.15, 0.2) is 12.3 Å². The summed E-state index contributed by atoms with van der Waals surface area (Å²) in [7, 11) is 0. The van der Waals surface area contributed by atoms with Gasteiger partial charge in [-0.2, -0.15) is 0 Å². The molecule has 4 atom stereocenters. The Morgan fingerprint density at radius 3 is 2.67 bits per heavy atom. The van der Waals surface area contributed by atoms with Crippen LogP contribution in [0.1, 0.15) is 89.5 Å². The first-order chi connectivity index (χ1) is 12.7. The van der Waals surface area contributed by atoms with Crippen molar-refractivity contribution in [2.45, 2.75) is 90.9 Å². The quantitative estimate of drug-likeness (QED) is 0.760. The van der Waals surface area contributed by atoms with Crippen molar-refractivity contribution in [2.24, 2.45) is 22.7 Å². The van der Waals surface area contributed by atoms with Crippen molar-refractivity contribution in [3.63, 3.8) is 0 Å². The summed E-state index contributed by atoms with van der Waals surface area (Å²) < 4.78 is 0. The molecule has 148 valence electrons. The van der Waals surface area contributed by atoms with Crippen LogP contribution in [0, 0.1) is 22.7 Å². The molecule has 0 spiro atoms. The number of rotatable bonds is 3. The summed E-state index contributed by atoms with van der Waals surface area (Å²) in [6.07, 6.45) is 11.8. The van der Waals surface area contributed by atoms with Crippen molar-refractivity contribution in [1.82, 2.24) is 4.98 Å². The van der Waals surface area contributed by atoms with Gasteiger partial charge in [-0.1, -0.05) is 34.1 Å². The molecule has 27 heavy (non-hydrogen) atoms. The number of pyridine rings is 1. The molecule has 2 fully saturated rings. The van der Waals surface area contributed by atoms with Gasteiger partial charge in [0, 0.05) is 18.3 Å². The number of carbonyl (C=O) groups is 1. The molecule has 0 aliphatic heterocycles. The van der Waals surface area contributed by atoms with E-state index < -0.39 is 5.97 Å².